The third-order valence-electron chi connectivity index (χ3n) is 2.48. The molecule has 0 aliphatic rings. The van der Waals surface area contributed by atoms with Gasteiger partial charge in [0.2, 0.25) is 0 Å². The van der Waals surface area contributed by atoms with Crippen LogP contribution in [0.4, 0.5) is 0 Å². The molecule has 1 aromatic heterocycles. The van der Waals surface area contributed by atoms with Crippen LogP contribution in [0.5, 0.6) is 5.75 Å². The molecule has 1 N–H and O–H groups in total. The van der Waals surface area contributed by atoms with E-state index in [9.17, 15) is 0 Å². The molecule has 4 nitrogen and oxygen atoms in total. The monoisotopic (exact) mass is 232 g/mol. The van der Waals surface area contributed by atoms with Crippen molar-refractivity contribution in [2.45, 2.75) is 13.0 Å². The van der Waals surface area contributed by atoms with Gasteiger partial charge in [-0.05, 0) is 12.1 Å². The Balaban J connectivity index is 1.84. The van der Waals surface area contributed by atoms with Gasteiger partial charge in [-0.3, -0.25) is 0 Å². The fraction of sp³-hybridized carbons (Fsp3) is 0.308. The molecule has 0 saturated carbocycles. The Hall–Kier alpha value is -1.81. The van der Waals surface area contributed by atoms with Crippen molar-refractivity contribution in [3.63, 3.8) is 0 Å². The third kappa shape index (κ3) is 3.32. The second-order valence-electron chi connectivity index (χ2n) is 3.67. The minimum atomic E-state index is 0.128. The van der Waals surface area contributed by atoms with E-state index in [2.05, 4.69) is 4.98 Å². The predicted octanol–water partition coefficient (Wildman–Crippen LogP) is 1.50. The van der Waals surface area contributed by atoms with Crippen LogP contribution in [-0.2, 0) is 13.0 Å². The maximum atomic E-state index is 8.89. The summed E-state index contributed by atoms with van der Waals surface area (Å²) in [5.41, 5.74) is 0. The zero-order valence-electron chi connectivity index (χ0n) is 9.62. The van der Waals surface area contributed by atoms with Gasteiger partial charge in [-0.2, -0.15) is 0 Å². The van der Waals surface area contributed by atoms with E-state index >= 15 is 0 Å². The molecule has 0 bridgehead atoms. The highest BCUT2D eigenvalue weighted by Crippen LogP contribution is 2.09. The highest BCUT2D eigenvalue weighted by atomic mass is 16.5. The van der Waals surface area contributed by atoms with Crippen molar-refractivity contribution in [3.8, 4) is 5.75 Å². The summed E-state index contributed by atoms with van der Waals surface area (Å²) in [5, 5.41) is 8.89. The molecular formula is C13H16N2O2. The summed E-state index contributed by atoms with van der Waals surface area (Å²) in [6.07, 6.45) is 4.35. The fourth-order valence-electron chi connectivity index (χ4n) is 1.66. The highest BCUT2D eigenvalue weighted by molar-refractivity contribution is 5.20. The number of rotatable bonds is 6. The molecule has 1 heterocycles. The van der Waals surface area contributed by atoms with Crippen molar-refractivity contribution in [2.24, 2.45) is 0 Å². The zero-order valence-corrected chi connectivity index (χ0v) is 9.62. The number of aliphatic hydroxyl groups is 1. The minimum absolute atomic E-state index is 0.128. The number of para-hydroxylation sites is 1. The number of benzene rings is 1. The molecule has 1 aromatic carbocycles. The number of nitrogens with zero attached hydrogens (tertiary/aromatic N) is 2. The Bertz CT molecular complexity index is 440. The van der Waals surface area contributed by atoms with Crippen molar-refractivity contribution >= 4 is 0 Å². The lowest BCUT2D eigenvalue weighted by molar-refractivity contribution is 0.271. The van der Waals surface area contributed by atoms with E-state index in [0.29, 0.717) is 13.2 Å². The van der Waals surface area contributed by atoms with Crippen LogP contribution in [0.2, 0.25) is 0 Å². The van der Waals surface area contributed by atoms with Crippen molar-refractivity contribution in [1.82, 2.24) is 9.55 Å². The Morgan fingerprint density at radius 3 is 2.82 bits per heavy atom. The first-order valence-corrected chi connectivity index (χ1v) is 5.69. The van der Waals surface area contributed by atoms with E-state index in [0.717, 1.165) is 18.0 Å². The lowest BCUT2D eigenvalue weighted by Gasteiger charge is -2.07. The number of ether oxygens (including phenoxy) is 1. The molecule has 0 saturated heterocycles. The Morgan fingerprint density at radius 1 is 1.24 bits per heavy atom. The maximum Gasteiger partial charge on any atom is 0.119 e. The van der Waals surface area contributed by atoms with Crippen LogP contribution in [0.15, 0.2) is 42.7 Å². The molecule has 4 heteroatoms. The zero-order chi connectivity index (χ0) is 11.9. The van der Waals surface area contributed by atoms with Gasteiger partial charge in [0.25, 0.3) is 0 Å². The summed E-state index contributed by atoms with van der Waals surface area (Å²) in [4.78, 5) is 4.24. The summed E-state index contributed by atoms with van der Waals surface area (Å²) in [6.45, 7) is 1.30. The standard InChI is InChI=1S/C13H16N2O2/c16-10-9-15-8-7-14-13(15)6-11-17-12-4-2-1-3-5-12/h1-5,7-8,16H,6,9-11H2. The fourth-order valence-corrected chi connectivity index (χ4v) is 1.66. The van der Waals surface area contributed by atoms with Gasteiger partial charge in [-0.15, -0.1) is 0 Å². The molecule has 0 unspecified atom stereocenters. The lowest BCUT2D eigenvalue weighted by atomic mass is 10.3. The largest absolute Gasteiger partial charge is 0.493 e. The first kappa shape index (κ1) is 11.7. The van der Waals surface area contributed by atoms with Crippen molar-refractivity contribution < 1.29 is 9.84 Å². The molecule has 17 heavy (non-hydrogen) atoms. The summed E-state index contributed by atoms with van der Waals surface area (Å²) >= 11 is 0. The minimum Gasteiger partial charge on any atom is -0.493 e. The number of imidazole rings is 1. The molecule has 0 aliphatic carbocycles. The summed E-state index contributed by atoms with van der Waals surface area (Å²) < 4.78 is 7.54. The number of hydrogen-bond donors (Lipinski definition) is 1. The second-order valence-corrected chi connectivity index (χ2v) is 3.67. The first-order chi connectivity index (χ1) is 8.40. The van der Waals surface area contributed by atoms with E-state index in [-0.39, 0.29) is 6.61 Å². The average Bonchev–Trinajstić information content (AvgIpc) is 2.79. The smallest absolute Gasteiger partial charge is 0.119 e. The highest BCUT2D eigenvalue weighted by Gasteiger charge is 2.02. The van der Waals surface area contributed by atoms with Crippen LogP contribution in [-0.4, -0.2) is 27.9 Å². The van der Waals surface area contributed by atoms with Gasteiger partial charge in [0.05, 0.1) is 13.2 Å². The van der Waals surface area contributed by atoms with E-state index in [4.69, 9.17) is 9.84 Å². The van der Waals surface area contributed by atoms with Crippen molar-refractivity contribution in [2.75, 3.05) is 13.2 Å². The van der Waals surface area contributed by atoms with Gasteiger partial charge in [0.15, 0.2) is 0 Å². The molecule has 0 atom stereocenters. The number of aliphatic hydroxyl groups excluding tert-OH is 1. The molecule has 0 radical (unpaired) electrons. The Morgan fingerprint density at radius 2 is 2.06 bits per heavy atom. The van der Waals surface area contributed by atoms with Gasteiger partial charge in [-0.25, -0.2) is 4.98 Å². The molecular weight excluding hydrogens is 216 g/mol. The molecule has 0 spiro atoms. The van der Waals surface area contributed by atoms with Crippen LogP contribution in [0.1, 0.15) is 5.82 Å². The Kier molecular flexibility index (Phi) is 4.16. The summed E-state index contributed by atoms with van der Waals surface area (Å²) in [7, 11) is 0. The predicted molar refractivity (Wildman–Crippen MR) is 65.0 cm³/mol. The molecule has 2 rings (SSSR count). The van der Waals surface area contributed by atoms with Crippen LogP contribution in [0, 0.1) is 0 Å². The van der Waals surface area contributed by atoms with Gasteiger partial charge in [0.1, 0.15) is 11.6 Å². The Labute approximate surface area is 100 Å². The van der Waals surface area contributed by atoms with Crippen LogP contribution < -0.4 is 4.74 Å². The molecule has 90 valence electrons. The van der Waals surface area contributed by atoms with E-state index in [1.165, 1.54) is 0 Å². The van der Waals surface area contributed by atoms with Crippen molar-refractivity contribution in [1.29, 1.82) is 0 Å². The van der Waals surface area contributed by atoms with Gasteiger partial charge in [-0.1, -0.05) is 18.2 Å². The molecule has 0 amide bonds. The van der Waals surface area contributed by atoms with E-state index in [1.807, 2.05) is 41.1 Å². The van der Waals surface area contributed by atoms with Gasteiger partial charge in [0, 0.05) is 25.4 Å². The molecule has 2 aromatic rings. The number of hydrogen-bond acceptors (Lipinski definition) is 3. The average molecular weight is 232 g/mol. The van der Waals surface area contributed by atoms with E-state index in [1.54, 1.807) is 6.20 Å². The molecule has 0 aliphatic heterocycles. The second kappa shape index (κ2) is 6.06. The van der Waals surface area contributed by atoms with E-state index < -0.39 is 0 Å². The SMILES string of the molecule is OCCn1ccnc1CCOc1ccccc1. The van der Waals surface area contributed by atoms with Gasteiger partial charge < -0.3 is 14.4 Å². The summed E-state index contributed by atoms with van der Waals surface area (Å²) in [6, 6.07) is 9.71. The normalized spacial score (nSPS) is 10.4. The quantitative estimate of drug-likeness (QED) is 0.821. The lowest BCUT2D eigenvalue weighted by Crippen LogP contribution is -2.10. The maximum absolute atomic E-state index is 8.89. The molecule has 0 fully saturated rings. The number of aromatic nitrogens is 2. The van der Waals surface area contributed by atoms with Crippen molar-refractivity contribution in [3.05, 3.63) is 48.5 Å². The van der Waals surface area contributed by atoms with Crippen LogP contribution >= 0.6 is 0 Å². The summed E-state index contributed by atoms with van der Waals surface area (Å²) in [5.74, 6) is 1.81. The first-order valence-electron chi connectivity index (χ1n) is 5.69. The third-order valence-corrected chi connectivity index (χ3v) is 2.48. The topological polar surface area (TPSA) is 47.3 Å². The van der Waals surface area contributed by atoms with Crippen LogP contribution in [0.3, 0.4) is 0 Å². The van der Waals surface area contributed by atoms with Gasteiger partial charge >= 0.3 is 0 Å². The van der Waals surface area contributed by atoms with Crippen LogP contribution in [0.25, 0.3) is 0 Å².